The summed E-state index contributed by atoms with van der Waals surface area (Å²) in [7, 11) is 0. The molecule has 7 aromatic carbocycles. The van der Waals surface area contributed by atoms with Gasteiger partial charge in [-0.3, -0.25) is 0 Å². The monoisotopic (exact) mass is 665 g/mol. The lowest BCUT2D eigenvalue weighted by Crippen LogP contribution is -2.30. The molecule has 3 heteroatoms. The SMILES string of the molecule is O/C=C1/C=C\C=C/c2ccccc2C12c1ccccc1-c1ccc(-n3c4ccccc4c4c5oc6ccccc6c5c(-c5ccccc5)cc43)cc12. The lowest BCUT2D eigenvalue weighted by Gasteiger charge is -2.36. The van der Waals surface area contributed by atoms with E-state index in [0.717, 1.165) is 93.9 Å². The van der Waals surface area contributed by atoms with Crippen molar-refractivity contribution in [3.05, 3.63) is 204 Å². The number of fused-ring (bicyclic) bond motifs is 14. The van der Waals surface area contributed by atoms with Crippen molar-refractivity contribution in [3.8, 4) is 27.9 Å². The molecule has 1 atom stereocenters. The number of allylic oxidation sites excluding steroid dienone is 4. The highest BCUT2D eigenvalue weighted by atomic mass is 16.3. The van der Waals surface area contributed by atoms with E-state index in [2.05, 4.69) is 168 Å². The highest BCUT2D eigenvalue weighted by molar-refractivity contribution is 6.27. The normalized spacial score (nSPS) is 18.1. The van der Waals surface area contributed by atoms with E-state index in [9.17, 15) is 5.11 Å². The minimum atomic E-state index is -0.742. The zero-order valence-corrected chi connectivity index (χ0v) is 28.1. The molecule has 52 heavy (non-hydrogen) atoms. The maximum absolute atomic E-state index is 11.1. The number of hydrogen-bond donors (Lipinski definition) is 1. The van der Waals surface area contributed by atoms with Crippen LogP contribution in [0, 0.1) is 0 Å². The fraction of sp³-hybridized carbons (Fsp3) is 0.0204. The van der Waals surface area contributed by atoms with Gasteiger partial charge in [0, 0.05) is 27.4 Å². The number of nitrogens with zero attached hydrogens (tertiary/aromatic N) is 1. The van der Waals surface area contributed by atoms with Crippen LogP contribution in [0.25, 0.3) is 77.8 Å². The van der Waals surface area contributed by atoms with E-state index in [0.29, 0.717) is 0 Å². The summed E-state index contributed by atoms with van der Waals surface area (Å²) in [6.45, 7) is 0. The van der Waals surface area contributed by atoms with Crippen molar-refractivity contribution in [2.75, 3.05) is 0 Å². The predicted octanol–water partition coefficient (Wildman–Crippen LogP) is 12.7. The molecule has 2 heterocycles. The zero-order chi connectivity index (χ0) is 34.4. The van der Waals surface area contributed by atoms with Crippen molar-refractivity contribution in [1.29, 1.82) is 0 Å². The second kappa shape index (κ2) is 10.8. The Morgan fingerprint density at radius 3 is 2.13 bits per heavy atom. The Morgan fingerprint density at radius 2 is 1.25 bits per heavy atom. The van der Waals surface area contributed by atoms with Crippen LogP contribution in [0.5, 0.6) is 0 Å². The molecule has 2 aliphatic carbocycles. The van der Waals surface area contributed by atoms with E-state index in [4.69, 9.17) is 4.42 Å². The molecule has 3 nitrogen and oxygen atoms in total. The summed E-state index contributed by atoms with van der Waals surface area (Å²) in [6, 6.07) is 54.1. The maximum atomic E-state index is 11.1. The minimum absolute atomic E-state index is 0.742. The standard InChI is InChI=1S/C49H31NO2/c51-30-33-18-6-4-16-32-17-5-10-22-40(32)49(33)41-23-11-7-19-35(41)36-27-26-34(28-42(36)49)50-43-24-12-8-20-37(43)47-44(50)29-39(31-14-2-1-3-15-31)46-38-21-9-13-25-45(38)52-48(46)47/h1-30,51H/b16-4-,18-6-,33-30-. The van der Waals surface area contributed by atoms with Gasteiger partial charge < -0.3 is 14.1 Å². The van der Waals surface area contributed by atoms with E-state index in [-0.39, 0.29) is 0 Å². The van der Waals surface area contributed by atoms with Crippen LogP contribution >= 0.6 is 0 Å². The summed E-state index contributed by atoms with van der Waals surface area (Å²) in [6.07, 6.45) is 9.60. The zero-order valence-electron chi connectivity index (χ0n) is 28.1. The van der Waals surface area contributed by atoms with Gasteiger partial charge in [0.05, 0.1) is 28.1 Å². The molecule has 0 bridgehead atoms. The Hall–Kier alpha value is -6.84. The number of furan rings is 1. The van der Waals surface area contributed by atoms with Crippen molar-refractivity contribution in [3.63, 3.8) is 0 Å². The molecule has 2 aromatic heterocycles. The van der Waals surface area contributed by atoms with Gasteiger partial charge in [-0.2, -0.15) is 0 Å². The number of aliphatic hydroxyl groups excluding tert-OH is 1. The number of aromatic nitrogens is 1. The second-order valence-corrected chi connectivity index (χ2v) is 13.8. The first-order valence-corrected chi connectivity index (χ1v) is 17.7. The van der Waals surface area contributed by atoms with Crippen molar-refractivity contribution < 1.29 is 9.52 Å². The average molecular weight is 666 g/mol. The first-order valence-electron chi connectivity index (χ1n) is 17.7. The van der Waals surface area contributed by atoms with E-state index in [1.807, 2.05) is 12.1 Å². The topological polar surface area (TPSA) is 38.3 Å². The average Bonchev–Trinajstić information content (AvgIpc) is 3.84. The van der Waals surface area contributed by atoms with Gasteiger partial charge in [-0.25, -0.2) is 0 Å². The molecule has 1 unspecified atom stereocenters. The summed E-state index contributed by atoms with van der Waals surface area (Å²) in [5, 5.41) is 15.6. The molecule has 1 spiro atoms. The molecular weight excluding hydrogens is 635 g/mol. The number of benzene rings is 7. The molecule has 0 fully saturated rings. The van der Waals surface area contributed by atoms with E-state index in [1.54, 1.807) is 0 Å². The van der Waals surface area contributed by atoms with Gasteiger partial charge >= 0.3 is 0 Å². The fourth-order valence-electron chi connectivity index (χ4n) is 9.19. The van der Waals surface area contributed by atoms with Crippen LogP contribution in [0.2, 0.25) is 0 Å². The van der Waals surface area contributed by atoms with Gasteiger partial charge in [0.1, 0.15) is 11.2 Å². The maximum Gasteiger partial charge on any atom is 0.146 e. The molecule has 1 N–H and O–H groups in total. The van der Waals surface area contributed by atoms with Crippen LogP contribution in [-0.4, -0.2) is 9.67 Å². The summed E-state index contributed by atoms with van der Waals surface area (Å²) >= 11 is 0. The molecule has 0 amide bonds. The Labute approximate surface area is 300 Å². The summed E-state index contributed by atoms with van der Waals surface area (Å²) < 4.78 is 9.22. The molecule has 2 aliphatic rings. The molecule has 9 aromatic rings. The van der Waals surface area contributed by atoms with Crippen LogP contribution in [0.4, 0.5) is 0 Å². The summed E-state index contributed by atoms with van der Waals surface area (Å²) in [4.78, 5) is 0. The Kier molecular flexibility index (Phi) is 6.03. The third kappa shape index (κ3) is 3.74. The summed E-state index contributed by atoms with van der Waals surface area (Å²) in [5.41, 5.74) is 14.3. The quantitative estimate of drug-likeness (QED) is 0.187. The molecular formula is C49H31NO2. The number of rotatable bonds is 2. The summed E-state index contributed by atoms with van der Waals surface area (Å²) in [5.74, 6) is 0. The van der Waals surface area contributed by atoms with Gasteiger partial charge in [0.2, 0.25) is 0 Å². The van der Waals surface area contributed by atoms with E-state index >= 15 is 0 Å². The van der Waals surface area contributed by atoms with Gasteiger partial charge in [-0.05, 0) is 74.8 Å². The Morgan fingerprint density at radius 1 is 0.538 bits per heavy atom. The highest BCUT2D eigenvalue weighted by Gasteiger charge is 2.48. The molecule has 244 valence electrons. The number of hydrogen-bond acceptors (Lipinski definition) is 2. The Balaban J connectivity index is 1.29. The van der Waals surface area contributed by atoms with Gasteiger partial charge in [-0.15, -0.1) is 0 Å². The minimum Gasteiger partial charge on any atom is -0.515 e. The molecule has 0 saturated heterocycles. The lowest BCUT2D eigenvalue weighted by molar-refractivity contribution is 0.461. The van der Waals surface area contributed by atoms with Crippen LogP contribution < -0.4 is 0 Å². The number of aliphatic hydroxyl groups is 1. The van der Waals surface area contributed by atoms with Crippen molar-refractivity contribution >= 4 is 49.8 Å². The van der Waals surface area contributed by atoms with Gasteiger partial charge in [-0.1, -0.05) is 146 Å². The van der Waals surface area contributed by atoms with Crippen LogP contribution in [-0.2, 0) is 5.41 Å². The van der Waals surface area contributed by atoms with E-state index < -0.39 is 5.41 Å². The third-order valence-corrected chi connectivity index (χ3v) is 11.3. The molecule has 0 aliphatic heterocycles. The second-order valence-electron chi connectivity index (χ2n) is 13.8. The Bertz CT molecular complexity index is 3030. The van der Waals surface area contributed by atoms with E-state index in [1.165, 1.54) is 11.8 Å². The molecule has 0 radical (unpaired) electrons. The van der Waals surface area contributed by atoms with Gasteiger partial charge in [0.25, 0.3) is 0 Å². The highest BCUT2D eigenvalue weighted by Crippen LogP contribution is 2.58. The fourth-order valence-corrected chi connectivity index (χ4v) is 9.19. The van der Waals surface area contributed by atoms with Gasteiger partial charge in [0.15, 0.2) is 0 Å². The van der Waals surface area contributed by atoms with Crippen LogP contribution in [0.3, 0.4) is 0 Å². The number of para-hydroxylation sites is 2. The molecule has 0 saturated carbocycles. The smallest absolute Gasteiger partial charge is 0.146 e. The first-order chi connectivity index (χ1) is 25.8. The first kappa shape index (κ1) is 28.9. The van der Waals surface area contributed by atoms with Crippen molar-refractivity contribution in [2.24, 2.45) is 0 Å². The molecule has 11 rings (SSSR count). The van der Waals surface area contributed by atoms with Crippen molar-refractivity contribution in [2.45, 2.75) is 5.41 Å². The largest absolute Gasteiger partial charge is 0.515 e. The third-order valence-electron chi connectivity index (χ3n) is 11.3. The van der Waals surface area contributed by atoms with Crippen molar-refractivity contribution in [1.82, 2.24) is 4.57 Å². The predicted molar refractivity (Wildman–Crippen MR) is 214 cm³/mol. The van der Waals surface area contributed by atoms with Crippen LogP contribution in [0.15, 0.2) is 186 Å². The lowest BCUT2D eigenvalue weighted by atomic mass is 9.65. The van der Waals surface area contributed by atoms with Crippen LogP contribution in [0.1, 0.15) is 22.3 Å².